The lowest BCUT2D eigenvalue weighted by Gasteiger charge is -2.27. The Morgan fingerprint density at radius 3 is 2.00 bits per heavy atom. The average molecular weight is 208 g/mol. The molecular formula is C9H18ClNO2. The molecule has 0 unspecified atom stereocenters. The van der Waals surface area contributed by atoms with E-state index in [0.29, 0.717) is 10.2 Å². The Kier molecular flexibility index (Phi) is 6.90. The molecular weight excluding hydrogens is 190 g/mol. The highest BCUT2D eigenvalue weighted by atomic mass is 35.5. The molecule has 0 aromatic carbocycles. The second-order valence-corrected chi connectivity index (χ2v) is 3.09. The summed E-state index contributed by atoms with van der Waals surface area (Å²) in [7, 11) is 1.88. The van der Waals surface area contributed by atoms with Crippen LogP contribution in [0.15, 0.2) is 12.2 Å². The van der Waals surface area contributed by atoms with E-state index in [1.807, 2.05) is 20.9 Å². The van der Waals surface area contributed by atoms with Crippen LogP contribution in [0, 0.1) is 0 Å². The van der Waals surface area contributed by atoms with Gasteiger partial charge in [0.2, 0.25) is 0 Å². The number of nitrogens with zero attached hydrogens (tertiary/aromatic N) is 1. The number of hydroxylamine groups is 3. The highest BCUT2D eigenvalue weighted by molar-refractivity contribution is 5.86. The number of carbonyl (C=O) groups is 1. The van der Waals surface area contributed by atoms with E-state index in [4.69, 9.17) is 4.84 Å². The van der Waals surface area contributed by atoms with Gasteiger partial charge in [0.15, 0.2) is 0 Å². The summed E-state index contributed by atoms with van der Waals surface area (Å²) in [6, 6.07) is 0. The zero-order chi connectivity index (χ0) is 9.78. The van der Waals surface area contributed by atoms with Crippen molar-refractivity contribution in [2.45, 2.75) is 20.8 Å². The van der Waals surface area contributed by atoms with E-state index >= 15 is 0 Å². The Morgan fingerprint density at radius 1 is 1.38 bits per heavy atom. The van der Waals surface area contributed by atoms with Crippen molar-refractivity contribution < 1.29 is 26.7 Å². The zero-order valence-electron chi connectivity index (χ0n) is 8.76. The van der Waals surface area contributed by atoms with Gasteiger partial charge in [0.05, 0.1) is 0 Å². The van der Waals surface area contributed by atoms with Crippen molar-refractivity contribution in [3.8, 4) is 0 Å². The topological polar surface area (TPSA) is 26.3 Å². The Bertz CT molecular complexity index is 188. The lowest BCUT2D eigenvalue weighted by Crippen LogP contribution is -3.00. The van der Waals surface area contributed by atoms with Crippen LogP contribution >= 0.6 is 0 Å². The smallest absolute Gasteiger partial charge is 0.392 e. The molecule has 13 heavy (non-hydrogen) atoms. The third kappa shape index (κ3) is 4.90. The van der Waals surface area contributed by atoms with Crippen LogP contribution in [0.1, 0.15) is 20.8 Å². The normalized spacial score (nSPS) is 10.2. The molecule has 0 aliphatic heterocycles. The first-order valence-electron chi connectivity index (χ1n) is 4.19. The third-order valence-corrected chi connectivity index (χ3v) is 1.99. The van der Waals surface area contributed by atoms with E-state index in [1.54, 1.807) is 6.92 Å². The molecule has 0 rings (SSSR count). The Hall–Kier alpha value is -0.540. The van der Waals surface area contributed by atoms with E-state index in [0.717, 1.165) is 13.1 Å². The third-order valence-electron chi connectivity index (χ3n) is 1.99. The fraction of sp³-hybridized carbons (Fsp3) is 0.667. The number of rotatable bonds is 4. The molecule has 0 fully saturated rings. The molecule has 0 saturated carbocycles. The number of hydrogen-bond donors (Lipinski definition) is 0. The molecule has 3 nitrogen and oxygen atoms in total. The predicted molar refractivity (Wildman–Crippen MR) is 48.2 cm³/mol. The highest BCUT2D eigenvalue weighted by Crippen LogP contribution is 2.05. The summed E-state index contributed by atoms with van der Waals surface area (Å²) >= 11 is 0. The van der Waals surface area contributed by atoms with Gasteiger partial charge in [-0.05, 0) is 20.8 Å². The molecule has 0 radical (unpaired) electrons. The number of halogens is 1. The molecule has 0 aromatic heterocycles. The molecule has 4 heteroatoms. The van der Waals surface area contributed by atoms with Gasteiger partial charge in [0, 0.05) is 5.57 Å². The van der Waals surface area contributed by atoms with E-state index in [2.05, 4.69) is 6.58 Å². The number of quaternary nitrogens is 1. The lowest BCUT2D eigenvalue weighted by atomic mass is 10.4. The Balaban J connectivity index is 0. The van der Waals surface area contributed by atoms with Crippen molar-refractivity contribution >= 4 is 5.97 Å². The van der Waals surface area contributed by atoms with Gasteiger partial charge in [0.1, 0.15) is 20.1 Å². The van der Waals surface area contributed by atoms with Crippen LogP contribution < -0.4 is 12.4 Å². The second kappa shape index (κ2) is 6.00. The van der Waals surface area contributed by atoms with Crippen molar-refractivity contribution in [1.82, 2.24) is 0 Å². The first kappa shape index (κ1) is 15.0. The monoisotopic (exact) mass is 207 g/mol. The summed E-state index contributed by atoms with van der Waals surface area (Å²) in [5.41, 5.74) is 0.446. The molecule has 0 N–H and O–H groups in total. The van der Waals surface area contributed by atoms with Crippen LogP contribution in [-0.2, 0) is 9.63 Å². The van der Waals surface area contributed by atoms with Crippen LogP contribution in [0.2, 0.25) is 0 Å². The fourth-order valence-corrected chi connectivity index (χ4v) is 0.631. The van der Waals surface area contributed by atoms with Crippen molar-refractivity contribution in [3.05, 3.63) is 12.2 Å². The van der Waals surface area contributed by atoms with Gasteiger partial charge in [-0.25, -0.2) is 4.79 Å². The minimum atomic E-state index is -0.318. The van der Waals surface area contributed by atoms with Gasteiger partial charge in [-0.2, -0.15) is 0 Å². The molecule has 0 heterocycles. The molecule has 0 saturated heterocycles. The summed E-state index contributed by atoms with van der Waals surface area (Å²) in [5, 5.41) is 0. The maximum Gasteiger partial charge on any atom is 0.392 e. The molecule has 0 aliphatic carbocycles. The quantitative estimate of drug-likeness (QED) is 0.319. The van der Waals surface area contributed by atoms with E-state index in [1.165, 1.54) is 0 Å². The van der Waals surface area contributed by atoms with Gasteiger partial charge >= 0.3 is 5.97 Å². The molecule has 0 aromatic rings. The van der Waals surface area contributed by atoms with Gasteiger partial charge in [-0.15, -0.1) is 4.65 Å². The average Bonchev–Trinajstić information content (AvgIpc) is 2.04. The van der Waals surface area contributed by atoms with Gasteiger partial charge in [0.25, 0.3) is 0 Å². The first-order chi connectivity index (χ1) is 5.45. The van der Waals surface area contributed by atoms with Crippen molar-refractivity contribution in [1.29, 1.82) is 0 Å². The Labute approximate surface area is 86.3 Å². The molecule has 0 atom stereocenters. The Morgan fingerprint density at radius 2 is 1.77 bits per heavy atom. The number of carbonyl (C=O) groups excluding carboxylic acids is 1. The van der Waals surface area contributed by atoms with E-state index in [-0.39, 0.29) is 18.4 Å². The SMILES string of the molecule is C=C(C)C(=O)O[N+](C)(CC)CC.[Cl-]. The highest BCUT2D eigenvalue weighted by Gasteiger charge is 2.23. The summed E-state index contributed by atoms with van der Waals surface area (Å²) in [6.45, 7) is 10.7. The minimum absolute atomic E-state index is 0. The van der Waals surface area contributed by atoms with Gasteiger partial charge in [-0.3, -0.25) is 4.84 Å². The van der Waals surface area contributed by atoms with Crippen LogP contribution in [-0.4, -0.2) is 30.8 Å². The van der Waals surface area contributed by atoms with Crippen LogP contribution in [0.25, 0.3) is 0 Å². The molecule has 0 spiro atoms. The van der Waals surface area contributed by atoms with Crippen LogP contribution in [0.4, 0.5) is 0 Å². The molecule has 0 bridgehead atoms. The summed E-state index contributed by atoms with van der Waals surface area (Å²) in [4.78, 5) is 16.3. The van der Waals surface area contributed by atoms with Gasteiger partial charge < -0.3 is 12.4 Å². The van der Waals surface area contributed by atoms with Crippen molar-refractivity contribution in [2.24, 2.45) is 0 Å². The van der Waals surface area contributed by atoms with Crippen LogP contribution in [0.3, 0.4) is 0 Å². The van der Waals surface area contributed by atoms with Crippen LogP contribution in [0.5, 0.6) is 0 Å². The zero-order valence-corrected chi connectivity index (χ0v) is 9.52. The maximum atomic E-state index is 11.1. The van der Waals surface area contributed by atoms with Crippen molar-refractivity contribution in [2.75, 3.05) is 20.1 Å². The summed E-state index contributed by atoms with van der Waals surface area (Å²) < 4.78 is 0.311. The summed E-state index contributed by atoms with van der Waals surface area (Å²) in [6.07, 6.45) is 0. The second-order valence-electron chi connectivity index (χ2n) is 3.09. The van der Waals surface area contributed by atoms with Gasteiger partial charge in [-0.1, -0.05) is 6.58 Å². The largest absolute Gasteiger partial charge is 1.00 e. The van der Waals surface area contributed by atoms with Crippen molar-refractivity contribution in [3.63, 3.8) is 0 Å². The fourth-order valence-electron chi connectivity index (χ4n) is 0.631. The summed E-state index contributed by atoms with van der Waals surface area (Å²) in [5.74, 6) is -0.318. The maximum absolute atomic E-state index is 11.1. The molecule has 0 aliphatic rings. The molecule has 0 amide bonds. The standard InChI is InChI=1S/C9H18NO2.ClH/c1-6-10(5,7-2)12-9(11)8(3)4;/h3,6-7H2,1-2,4-5H3;1H/q+1;/p-1. The molecule has 78 valence electrons. The van der Waals surface area contributed by atoms with E-state index in [9.17, 15) is 4.79 Å². The first-order valence-corrected chi connectivity index (χ1v) is 4.19. The lowest BCUT2D eigenvalue weighted by molar-refractivity contribution is -1.07. The number of hydrogen-bond acceptors (Lipinski definition) is 2. The predicted octanol–water partition coefficient (Wildman–Crippen LogP) is -1.49. The van der Waals surface area contributed by atoms with E-state index < -0.39 is 0 Å². The minimum Gasteiger partial charge on any atom is -1.00 e.